The Morgan fingerprint density at radius 2 is 1.82 bits per heavy atom. The van der Waals surface area contributed by atoms with Crippen LogP contribution in [0.5, 0.6) is 0 Å². The van der Waals surface area contributed by atoms with Gasteiger partial charge in [0.25, 0.3) is 0 Å². The number of nitrogens with one attached hydrogen (secondary N) is 3. The highest BCUT2D eigenvalue weighted by atomic mass is 16.2. The molecule has 0 saturated carbocycles. The molecule has 1 saturated heterocycles. The normalized spacial score (nSPS) is 20.0. The maximum absolute atomic E-state index is 11.4. The summed E-state index contributed by atoms with van der Waals surface area (Å²) in [6.45, 7) is 5.65. The topological polar surface area (TPSA) is 75.0 Å². The van der Waals surface area contributed by atoms with Gasteiger partial charge in [0.15, 0.2) is 0 Å². The Morgan fingerprint density at radius 1 is 1.24 bits per heavy atom. The zero-order valence-corrected chi connectivity index (χ0v) is 10.7. The standard InChI is InChI=1S/C11H20N4O2/c1-8(2)12-10(16)11(17)14-13-9-4-6-15(3)7-5-9/h8H,4-7H2,1-3H3,(H,12,16)(H,14,17)/p+1. The van der Waals surface area contributed by atoms with Crippen LogP contribution in [0.2, 0.25) is 0 Å². The average Bonchev–Trinajstić information content (AvgIpc) is 2.27. The van der Waals surface area contributed by atoms with Crippen LogP contribution in [0.3, 0.4) is 0 Å². The van der Waals surface area contributed by atoms with E-state index in [2.05, 4.69) is 22.9 Å². The first-order valence-electron chi connectivity index (χ1n) is 5.96. The zero-order chi connectivity index (χ0) is 12.8. The van der Waals surface area contributed by atoms with Gasteiger partial charge in [0, 0.05) is 24.6 Å². The summed E-state index contributed by atoms with van der Waals surface area (Å²) in [7, 11) is 2.13. The van der Waals surface area contributed by atoms with E-state index in [-0.39, 0.29) is 6.04 Å². The van der Waals surface area contributed by atoms with E-state index >= 15 is 0 Å². The number of hydrogen-bond donors (Lipinski definition) is 3. The smallest absolute Gasteiger partial charge is 0.329 e. The highest BCUT2D eigenvalue weighted by Gasteiger charge is 2.17. The van der Waals surface area contributed by atoms with Gasteiger partial charge in [-0.15, -0.1) is 0 Å². The Kier molecular flexibility index (Phi) is 5.09. The minimum Gasteiger partial charge on any atom is -0.346 e. The lowest BCUT2D eigenvalue weighted by Gasteiger charge is -2.20. The second-order valence-corrected chi connectivity index (χ2v) is 4.70. The lowest BCUT2D eigenvalue weighted by Crippen LogP contribution is -3.10. The van der Waals surface area contributed by atoms with Crippen LogP contribution in [0.1, 0.15) is 26.7 Å². The molecule has 0 aromatic carbocycles. The molecular weight excluding hydrogens is 220 g/mol. The van der Waals surface area contributed by atoms with Crippen molar-refractivity contribution in [3.8, 4) is 0 Å². The molecular formula is C11H21N4O2+. The van der Waals surface area contributed by atoms with E-state index in [1.807, 2.05) is 0 Å². The number of likely N-dealkylation sites (tertiary alicyclic amines) is 1. The quantitative estimate of drug-likeness (QED) is 0.398. The molecule has 0 aromatic heterocycles. The van der Waals surface area contributed by atoms with Gasteiger partial charge in [-0.05, 0) is 13.8 Å². The number of amides is 2. The van der Waals surface area contributed by atoms with Gasteiger partial charge in [-0.2, -0.15) is 5.10 Å². The molecule has 17 heavy (non-hydrogen) atoms. The molecule has 1 heterocycles. The van der Waals surface area contributed by atoms with E-state index in [0.717, 1.165) is 31.6 Å². The van der Waals surface area contributed by atoms with E-state index in [4.69, 9.17) is 0 Å². The number of piperidine rings is 1. The lowest BCUT2D eigenvalue weighted by molar-refractivity contribution is -0.880. The van der Waals surface area contributed by atoms with Crippen molar-refractivity contribution in [3.05, 3.63) is 0 Å². The van der Waals surface area contributed by atoms with Crippen LogP contribution in [0.25, 0.3) is 0 Å². The third kappa shape index (κ3) is 4.95. The number of hydrazone groups is 1. The molecule has 0 aliphatic carbocycles. The van der Waals surface area contributed by atoms with E-state index in [9.17, 15) is 9.59 Å². The van der Waals surface area contributed by atoms with Crippen molar-refractivity contribution >= 4 is 17.5 Å². The molecule has 0 radical (unpaired) electrons. The van der Waals surface area contributed by atoms with Crippen LogP contribution >= 0.6 is 0 Å². The predicted molar refractivity (Wildman–Crippen MR) is 64.7 cm³/mol. The average molecular weight is 241 g/mol. The van der Waals surface area contributed by atoms with Gasteiger partial charge in [0.1, 0.15) is 0 Å². The second-order valence-electron chi connectivity index (χ2n) is 4.70. The molecule has 1 aliphatic heterocycles. The molecule has 6 nitrogen and oxygen atoms in total. The first-order chi connectivity index (χ1) is 7.99. The Morgan fingerprint density at radius 3 is 2.35 bits per heavy atom. The predicted octanol–water partition coefficient (Wildman–Crippen LogP) is -1.71. The molecule has 0 unspecified atom stereocenters. The largest absolute Gasteiger partial charge is 0.346 e. The van der Waals surface area contributed by atoms with Crippen LogP contribution in [-0.4, -0.2) is 43.7 Å². The fourth-order valence-corrected chi connectivity index (χ4v) is 1.59. The van der Waals surface area contributed by atoms with Crippen molar-refractivity contribution < 1.29 is 14.5 Å². The number of nitrogens with zero attached hydrogens (tertiary/aromatic N) is 1. The molecule has 3 N–H and O–H groups in total. The van der Waals surface area contributed by atoms with Gasteiger partial charge in [0.2, 0.25) is 0 Å². The molecule has 1 fully saturated rings. The van der Waals surface area contributed by atoms with Gasteiger partial charge in [-0.3, -0.25) is 9.59 Å². The third-order valence-corrected chi connectivity index (χ3v) is 2.62. The summed E-state index contributed by atoms with van der Waals surface area (Å²) < 4.78 is 0. The summed E-state index contributed by atoms with van der Waals surface area (Å²) in [5.41, 5.74) is 3.26. The highest BCUT2D eigenvalue weighted by molar-refractivity contribution is 6.35. The van der Waals surface area contributed by atoms with Crippen molar-refractivity contribution in [2.45, 2.75) is 32.7 Å². The van der Waals surface area contributed by atoms with Gasteiger partial charge in [-0.1, -0.05) is 0 Å². The van der Waals surface area contributed by atoms with Crippen molar-refractivity contribution in [3.63, 3.8) is 0 Å². The first-order valence-corrected chi connectivity index (χ1v) is 5.96. The first kappa shape index (κ1) is 13.6. The van der Waals surface area contributed by atoms with Crippen molar-refractivity contribution in [1.29, 1.82) is 0 Å². The summed E-state index contributed by atoms with van der Waals surface area (Å²) in [4.78, 5) is 24.1. The molecule has 1 aliphatic rings. The number of hydrogen-bond acceptors (Lipinski definition) is 3. The van der Waals surface area contributed by atoms with Crippen LogP contribution in [0, 0.1) is 0 Å². The van der Waals surface area contributed by atoms with Crippen LogP contribution < -0.4 is 15.6 Å². The van der Waals surface area contributed by atoms with Crippen molar-refractivity contribution in [1.82, 2.24) is 10.7 Å². The van der Waals surface area contributed by atoms with Gasteiger partial charge in [-0.25, -0.2) is 5.43 Å². The summed E-state index contributed by atoms with van der Waals surface area (Å²) >= 11 is 0. The molecule has 0 atom stereocenters. The highest BCUT2D eigenvalue weighted by Crippen LogP contribution is 1.93. The molecule has 6 heteroatoms. The zero-order valence-electron chi connectivity index (χ0n) is 10.7. The SMILES string of the molecule is CC(C)NC(=O)C(=O)NN=C1CC[NH+](C)CC1. The summed E-state index contributed by atoms with van der Waals surface area (Å²) in [6.07, 6.45) is 1.75. The summed E-state index contributed by atoms with van der Waals surface area (Å²) in [5, 5.41) is 6.50. The van der Waals surface area contributed by atoms with E-state index < -0.39 is 11.8 Å². The second kappa shape index (κ2) is 6.34. The van der Waals surface area contributed by atoms with E-state index in [1.54, 1.807) is 13.8 Å². The fourth-order valence-electron chi connectivity index (χ4n) is 1.59. The van der Waals surface area contributed by atoms with Crippen molar-refractivity contribution in [2.24, 2.45) is 5.10 Å². The van der Waals surface area contributed by atoms with Crippen LogP contribution in [0.4, 0.5) is 0 Å². The Labute approximate surface area is 101 Å². The third-order valence-electron chi connectivity index (χ3n) is 2.62. The number of quaternary nitrogens is 1. The lowest BCUT2D eigenvalue weighted by atomic mass is 10.1. The molecule has 0 bridgehead atoms. The molecule has 0 aromatic rings. The molecule has 1 rings (SSSR count). The van der Waals surface area contributed by atoms with E-state index in [0.29, 0.717) is 0 Å². The summed E-state index contributed by atoms with van der Waals surface area (Å²) in [5.74, 6) is -1.33. The molecule has 2 amide bonds. The Balaban J connectivity index is 2.37. The minimum atomic E-state index is -0.697. The van der Waals surface area contributed by atoms with Crippen molar-refractivity contribution in [2.75, 3.05) is 20.1 Å². The Bertz CT molecular complexity index is 315. The van der Waals surface area contributed by atoms with Crippen LogP contribution in [0.15, 0.2) is 5.10 Å². The van der Waals surface area contributed by atoms with Gasteiger partial charge in [0.05, 0.1) is 20.1 Å². The number of rotatable bonds is 2. The monoisotopic (exact) mass is 241 g/mol. The molecule has 96 valence electrons. The van der Waals surface area contributed by atoms with E-state index in [1.165, 1.54) is 4.90 Å². The van der Waals surface area contributed by atoms with Crippen LogP contribution in [-0.2, 0) is 9.59 Å². The maximum Gasteiger partial charge on any atom is 0.329 e. The number of carbonyl (C=O) groups excluding carboxylic acids is 2. The minimum absolute atomic E-state index is 0.0483. The number of carbonyl (C=O) groups is 2. The fraction of sp³-hybridized carbons (Fsp3) is 0.727. The molecule has 0 spiro atoms. The maximum atomic E-state index is 11.4. The Hall–Kier alpha value is -1.43. The van der Waals surface area contributed by atoms with Gasteiger partial charge < -0.3 is 10.2 Å². The van der Waals surface area contributed by atoms with Gasteiger partial charge >= 0.3 is 11.8 Å². The summed E-state index contributed by atoms with van der Waals surface area (Å²) in [6, 6.07) is -0.0483.